The Labute approximate surface area is 106 Å². The lowest BCUT2D eigenvalue weighted by Crippen LogP contribution is -2.05. The number of carbonyl (C=O) groups is 1. The molecular formula is C15H15NO2. The largest absolute Gasteiger partial charge is 0.497 e. The molecule has 0 aliphatic heterocycles. The van der Waals surface area contributed by atoms with Gasteiger partial charge in [0.25, 0.3) is 0 Å². The van der Waals surface area contributed by atoms with E-state index in [1.807, 2.05) is 25.1 Å². The predicted molar refractivity (Wildman–Crippen MR) is 72.0 cm³/mol. The number of methoxy groups -OCH3 is 1. The van der Waals surface area contributed by atoms with Crippen molar-refractivity contribution in [2.24, 2.45) is 0 Å². The highest BCUT2D eigenvalue weighted by Crippen LogP contribution is 2.22. The molecule has 0 spiro atoms. The van der Waals surface area contributed by atoms with E-state index in [4.69, 9.17) is 10.5 Å². The number of nitrogen functional groups attached to an aromatic ring is 1. The zero-order valence-electron chi connectivity index (χ0n) is 10.4. The molecule has 0 aromatic heterocycles. The molecule has 2 aromatic rings. The van der Waals surface area contributed by atoms with E-state index < -0.39 is 0 Å². The number of nitrogens with two attached hydrogens (primary N) is 1. The highest BCUT2D eigenvalue weighted by molar-refractivity contribution is 6.12. The van der Waals surface area contributed by atoms with E-state index in [2.05, 4.69) is 0 Å². The Hall–Kier alpha value is -2.29. The summed E-state index contributed by atoms with van der Waals surface area (Å²) in [6.07, 6.45) is 0. The highest BCUT2D eigenvalue weighted by Gasteiger charge is 2.12. The molecule has 0 atom stereocenters. The Morgan fingerprint density at radius 1 is 1.17 bits per heavy atom. The smallest absolute Gasteiger partial charge is 0.195 e. The van der Waals surface area contributed by atoms with Crippen molar-refractivity contribution in [1.82, 2.24) is 0 Å². The number of ether oxygens (including phenoxy) is 1. The summed E-state index contributed by atoms with van der Waals surface area (Å²) in [6, 6.07) is 12.5. The zero-order valence-corrected chi connectivity index (χ0v) is 10.4. The van der Waals surface area contributed by atoms with Gasteiger partial charge in [-0.15, -0.1) is 0 Å². The molecule has 2 aromatic carbocycles. The lowest BCUT2D eigenvalue weighted by molar-refractivity contribution is 0.103. The van der Waals surface area contributed by atoms with Crippen LogP contribution in [0.4, 0.5) is 5.69 Å². The number of ketones is 1. The SMILES string of the molecule is COc1ccc(C(=O)c2cccc(C)c2)c(N)c1. The van der Waals surface area contributed by atoms with Crippen LogP contribution in [0, 0.1) is 6.92 Å². The van der Waals surface area contributed by atoms with Crippen molar-refractivity contribution in [3.05, 3.63) is 59.2 Å². The van der Waals surface area contributed by atoms with Gasteiger partial charge in [0, 0.05) is 22.9 Å². The average molecular weight is 241 g/mol. The van der Waals surface area contributed by atoms with Crippen LogP contribution in [0.1, 0.15) is 21.5 Å². The molecule has 2 rings (SSSR count). The van der Waals surface area contributed by atoms with Crippen LogP contribution in [0.15, 0.2) is 42.5 Å². The van der Waals surface area contributed by atoms with E-state index in [-0.39, 0.29) is 5.78 Å². The molecule has 3 heteroatoms. The van der Waals surface area contributed by atoms with Crippen LogP contribution in [0.25, 0.3) is 0 Å². The van der Waals surface area contributed by atoms with Gasteiger partial charge < -0.3 is 10.5 Å². The molecule has 3 nitrogen and oxygen atoms in total. The molecular weight excluding hydrogens is 226 g/mol. The molecule has 0 aliphatic rings. The highest BCUT2D eigenvalue weighted by atomic mass is 16.5. The summed E-state index contributed by atoms with van der Waals surface area (Å²) in [5.74, 6) is 0.576. The fourth-order valence-electron chi connectivity index (χ4n) is 1.82. The van der Waals surface area contributed by atoms with Crippen molar-refractivity contribution in [1.29, 1.82) is 0 Å². The van der Waals surface area contributed by atoms with E-state index in [0.29, 0.717) is 22.6 Å². The van der Waals surface area contributed by atoms with Gasteiger partial charge in [0.05, 0.1) is 7.11 Å². The van der Waals surface area contributed by atoms with Crippen molar-refractivity contribution < 1.29 is 9.53 Å². The average Bonchev–Trinajstić information content (AvgIpc) is 2.37. The van der Waals surface area contributed by atoms with Gasteiger partial charge in [0.2, 0.25) is 0 Å². The molecule has 0 aliphatic carbocycles. The number of carbonyl (C=O) groups excluding carboxylic acids is 1. The van der Waals surface area contributed by atoms with Crippen molar-refractivity contribution in [3.8, 4) is 5.75 Å². The van der Waals surface area contributed by atoms with E-state index in [1.165, 1.54) is 0 Å². The number of hydrogen-bond donors (Lipinski definition) is 1. The van der Waals surface area contributed by atoms with Gasteiger partial charge in [-0.2, -0.15) is 0 Å². The monoisotopic (exact) mass is 241 g/mol. The standard InChI is InChI=1S/C15H15NO2/c1-10-4-3-5-11(8-10)15(17)13-7-6-12(18-2)9-14(13)16/h3-9H,16H2,1-2H3. The van der Waals surface area contributed by atoms with Crippen LogP contribution < -0.4 is 10.5 Å². The zero-order chi connectivity index (χ0) is 13.1. The Bertz CT molecular complexity index is 591. The number of aryl methyl sites for hydroxylation is 1. The quantitative estimate of drug-likeness (QED) is 0.664. The second-order valence-electron chi connectivity index (χ2n) is 4.15. The summed E-state index contributed by atoms with van der Waals surface area (Å²) in [5.41, 5.74) is 8.50. The van der Waals surface area contributed by atoms with Crippen LogP contribution >= 0.6 is 0 Å². The Morgan fingerprint density at radius 2 is 1.94 bits per heavy atom. The Kier molecular flexibility index (Phi) is 3.33. The summed E-state index contributed by atoms with van der Waals surface area (Å²) < 4.78 is 5.06. The molecule has 0 saturated heterocycles. The van der Waals surface area contributed by atoms with Crippen LogP contribution in [-0.2, 0) is 0 Å². The normalized spacial score (nSPS) is 10.1. The Morgan fingerprint density at radius 3 is 2.56 bits per heavy atom. The van der Waals surface area contributed by atoms with Crippen molar-refractivity contribution in [2.75, 3.05) is 12.8 Å². The molecule has 0 heterocycles. The maximum absolute atomic E-state index is 12.3. The van der Waals surface area contributed by atoms with E-state index in [9.17, 15) is 4.79 Å². The maximum Gasteiger partial charge on any atom is 0.195 e. The van der Waals surface area contributed by atoms with Crippen LogP contribution in [0.2, 0.25) is 0 Å². The van der Waals surface area contributed by atoms with Gasteiger partial charge in [-0.05, 0) is 25.1 Å². The first-order chi connectivity index (χ1) is 8.61. The predicted octanol–water partition coefficient (Wildman–Crippen LogP) is 2.82. The molecule has 18 heavy (non-hydrogen) atoms. The Balaban J connectivity index is 2.40. The lowest BCUT2D eigenvalue weighted by atomic mass is 10.0. The van der Waals surface area contributed by atoms with Crippen LogP contribution in [0.3, 0.4) is 0 Å². The first kappa shape index (κ1) is 12.2. The molecule has 2 N–H and O–H groups in total. The molecule has 0 radical (unpaired) electrons. The van der Waals surface area contributed by atoms with Crippen molar-refractivity contribution >= 4 is 11.5 Å². The topological polar surface area (TPSA) is 52.3 Å². The third-order valence-electron chi connectivity index (χ3n) is 2.78. The molecule has 0 saturated carbocycles. The summed E-state index contributed by atoms with van der Waals surface area (Å²) >= 11 is 0. The third kappa shape index (κ3) is 2.35. The maximum atomic E-state index is 12.3. The van der Waals surface area contributed by atoms with Crippen LogP contribution in [0.5, 0.6) is 5.75 Å². The molecule has 0 bridgehead atoms. The third-order valence-corrected chi connectivity index (χ3v) is 2.78. The van der Waals surface area contributed by atoms with Gasteiger partial charge >= 0.3 is 0 Å². The minimum atomic E-state index is -0.0705. The number of anilines is 1. The fraction of sp³-hybridized carbons (Fsp3) is 0.133. The van der Waals surface area contributed by atoms with Gasteiger partial charge in [-0.25, -0.2) is 0 Å². The van der Waals surface area contributed by atoms with E-state index in [1.54, 1.807) is 31.4 Å². The lowest BCUT2D eigenvalue weighted by Gasteiger charge is -2.07. The summed E-state index contributed by atoms with van der Waals surface area (Å²) in [4.78, 5) is 12.3. The van der Waals surface area contributed by atoms with Gasteiger partial charge in [0.1, 0.15) is 5.75 Å². The number of benzene rings is 2. The van der Waals surface area contributed by atoms with E-state index in [0.717, 1.165) is 5.56 Å². The fourth-order valence-corrected chi connectivity index (χ4v) is 1.82. The second-order valence-corrected chi connectivity index (χ2v) is 4.15. The minimum Gasteiger partial charge on any atom is -0.497 e. The summed E-state index contributed by atoms with van der Waals surface area (Å²) in [6.45, 7) is 1.95. The second kappa shape index (κ2) is 4.92. The first-order valence-electron chi connectivity index (χ1n) is 5.66. The molecule has 0 unspecified atom stereocenters. The molecule has 92 valence electrons. The minimum absolute atomic E-state index is 0.0705. The molecule has 0 amide bonds. The molecule has 0 fully saturated rings. The van der Waals surface area contributed by atoms with E-state index >= 15 is 0 Å². The van der Waals surface area contributed by atoms with Crippen molar-refractivity contribution in [3.63, 3.8) is 0 Å². The van der Waals surface area contributed by atoms with Crippen molar-refractivity contribution in [2.45, 2.75) is 6.92 Å². The summed E-state index contributed by atoms with van der Waals surface area (Å²) in [7, 11) is 1.57. The van der Waals surface area contributed by atoms with Crippen LogP contribution in [-0.4, -0.2) is 12.9 Å². The van der Waals surface area contributed by atoms with Gasteiger partial charge in [-0.1, -0.05) is 23.8 Å². The number of hydrogen-bond acceptors (Lipinski definition) is 3. The number of rotatable bonds is 3. The first-order valence-corrected chi connectivity index (χ1v) is 5.66. The summed E-state index contributed by atoms with van der Waals surface area (Å²) in [5, 5.41) is 0. The van der Waals surface area contributed by atoms with Gasteiger partial charge in [0.15, 0.2) is 5.78 Å². The van der Waals surface area contributed by atoms with Gasteiger partial charge in [-0.3, -0.25) is 4.79 Å².